The Bertz CT molecular complexity index is 3910. The van der Waals surface area contributed by atoms with Crippen molar-refractivity contribution in [1.29, 1.82) is 0 Å². The van der Waals surface area contributed by atoms with Crippen molar-refractivity contribution in [3.63, 3.8) is 0 Å². The number of hydrogen-bond donors (Lipinski definition) is 6. The Morgan fingerprint density at radius 1 is 0.736 bits per heavy atom. The first-order valence-corrected chi connectivity index (χ1v) is 43.8. The van der Waals surface area contributed by atoms with E-state index in [0.717, 1.165) is 57.4 Å². The molecule has 106 heavy (non-hydrogen) atoms. The van der Waals surface area contributed by atoms with Crippen molar-refractivity contribution in [2.24, 2.45) is 0 Å². The number of aromatic nitrogens is 16. The van der Waals surface area contributed by atoms with Crippen LogP contribution in [0.5, 0.6) is 0 Å². The number of rotatable bonds is 37. The number of halogens is 2. The van der Waals surface area contributed by atoms with Crippen LogP contribution < -0.4 is 10.2 Å². The fourth-order valence-electron chi connectivity index (χ4n) is 12.6. The third kappa shape index (κ3) is 20.9. The largest absolute Gasteiger partial charge is 0.443 e. The molecule has 0 spiro atoms. The average molecular weight is 1590 g/mol. The summed E-state index contributed by atoms with van der Waals surface area (Å²) in [4.78, 5) is 53.8. The lowest BCUT2D eigenvalue weighted by atomic mass is 10.1. The minimum Gasteiger partial charge on any atom is -0.443 e. The molecular weight excluding hydrogens is 1490 g/mol. The molecular formula is C62H100Cl2N18O21P2Si. The lowest BCUT2D eigenvalue weighted by Crippen LogP contribution is -2.46. The van der Waals surface area contributed by atoms with Crippen LogP contribution in [-0.2, 0) is 95.4 Å². The van der Waals surface area contributed by atoms with Crippen LogP contribution in [0.2, 0.25) is 36.3 Å². The molecule has 0 unspecified atom stereocenters. The predicted molar refractivity (Wildman–Crippen MR) is 381 cm³/mol. The van der Waals surface area contributed by atoms with Crippen molar-refractivity contribution in [1.82, 2.24) is 80.3 Å². The van der Waals surface area contributed by atoms with E-state index in [1.807, 2.05) is 34.6 Å². The van der Waals surface area contributed by atoms with Crippen LogP contribution in [0.3, 0.4) is 0 Å². The third-order valence-electron chi connectivity index (χ3n) is 18.4. The molecule has 6 aromatic heterocycles. The summed E-state index contributed by atoms with van der Waals surface area (Å²) < 4.78 is 115. The standard InChI is InChI=1S/C39H65ClN9O11PSi.C23H35ClN9O10P/c1-37(2,3)60-36(50)48(26-14-12-13-15-26)32-27-20-41-49(33(27)43-35(40)42-32)34-31-30(58-38(4,5)59-31)28(57-34)21-56-39(61(7,8)51,23-53-17-16-52-6)24-55-22-29-44-45-46-47(29)25-54-18-19-62(9,10)11;1-39-6-7-40-11-23(44(36,37)38,12-41-10-16-29-31-32-30-16)42-9-15-17(34)18(35)21(43-15)33-20-14(8-25-33)19(27-22(24)28-20)26-13-4-2-3-5-13/h20,26,28,30-31,34H,12-19,21-25H2,1-11H3;8,13,15,17-18,21,34-35H,2-7,9-12H2,1H3,(H,26,27,28)(H2,36,37,38)(H,29,30,31,32)/t28-,30-,31-,34-,39+;15-,17-,18-,21-,23+/m11/s1. The van der Waals surface area contributed by atoms with Crippen molar-refractivity contribution in [2.75, 3.05) is 110 Å². The molecule has 3 saturated heterocycles. The van der Waals surface area contributed by atoms with Crippen LogP contribution in [0.15, 0.2) is 12.4 Å². The predicted octanol–water partition coefficient (Wildman–Crippen LogP) is 5.83. The maximum atomic E-state index is 14.3. The maximum Gasteiger partial charge on any atom is 0.416 e. The fraction of sp³-hybridized carbons (Fsp3) is 0.790. The molecule has 2 saturated carbocycles. The van der Waals surface area contributed by atoms with E-state index in [1.54, 1.807) is 36.2 Å². The van der Waals surface area contributed by atoms with Crippen LogP contribution >= 0.6 is 37.9 Å². The second-order valence-electron chi connectivity index (χ2n) is 29.7. The quantitative estimate of drug-likeness (QED) is 0.0116. The number of carbonyl (C=O) groups is 1. The molecule has 6 N–H and O–H groups in total. The van der Waals surface area contributed by atoms with Gasteiger partial charge in [-0.25, -0.2) is 18.8 Å². The normalized spacial score (nSPS) is 23.5. The minimum atomic E-state index is -5.11. The smallest absolute Gasteiger partial charge is 0.416 e. The number of amides is 1. The summed E-state index contributed by atoms with van der Waals surface area (Å²) in [6.45, 7) is 18.4. The number of H-pyrrole nitrogens is 1. The molecule has 0 aromatic carbocycles. The molecule has 0 radical (unpaired) electrons. The highest BCUT2D eigenvalue weighted by atomic mass is 35.5. The Balaban J connectivity index is 0.000000240. The third-order valence-corrected chi connectivity index (χ3v) is 24.2. The van der Waals surface area contributed by atoms with Crippen molar-refractivity contribution in [3.8, 4) is 0 Å². The first kappa shape index (κ1) is 83.4. The van der Waals surface area contributed by atoms with Gasteiger partial charge in [0.25, 0.3) is 0 Å². The Morgan fingerprint density at radius 3 is 1.96 bits per heavy atom. The number of nitrogens with zero attached hydrogens (tertiary/aromatic N) is 16. The number of tetrazole rings is 2. The van der Waals surface area contributed by atoms with Gasteiger partial charge in [-0.1, -0.05) is 50.5 Å². The van der Waals surface area contributed by atoms with Gasteiger partial charge in [-0.05, 0) is 113 Å². The zero-order chi connectivity index (χ0) is 76.4. The van der Waals surface area contributed by atoms with Crippen molar-refractivity contribution >= 4 is 85.8 Å². The Labute approximate surface area is 623 Å². The molecule has 39 nitrogen and oxygen atoms in total. The van der Waals surface area contributed by atoms with E-state index >= 15 is 0 Å². The second kappa shape index (κ2) is 35.9. The van der Waals surface area contributed by atoms with Crippen molar-refractivity contribution < 1.29 is 100 Å². The molecule has 5 aliphatic rings. The van der Waals surface area contributed by atoms with Gasteiger partial charge < -0.3 is 96.2 Å². The maximum absolute atomic E-state index is 14.3. The molecule has 6 aromatic rings. The number of methoxy groups -OCH3 is 2. The van der Waals surface area contributed by atoms with Crippen LogP contribution in [0.1, 0.15) is 110 Å². The number of hydrogen-bond acceptors (Lipinski definition) is 32. The summed E-state index contributed by atoms with van der Waals surface area (Å²) in [6.07, 6.45) is 1.80. The zero-order valence-corrected chi connectivity index (χ0v) is 66.0. The molecule has 1 amide bonds. The van der Waals surface area contributed by atoms with E-state index in [0.29, 0.717) is 47.1 Å². The molecule has 592 valence electrons. The van der Waals surface area contributed by atoms with Gasteiger partial charge in [0.2, 0.25) is 15.9 Å². The summed E-state index contributed by atoms with van der Waals surface area (Å²) in [7, 11) is -6.55. The number of carbonyl (C=O) groups excluding carboxylic acids is 1. The number of fused-ring (bicyclic) bond motifs is 3. The van der Waals surface area contributed by atoms with E-state index < -0.39 is 120 Å². The number of nitrogens with one attached hydrogen (secondary N) is 2. The van der Waals surface area contributed by atoms with Gasteiger partial charge in [-0.2, -0.15) is 35.3 Å². The first-order valence-electron chi connectivity index (χ1n) is 35.1. The average Bonchev–Trinajstić information content (AvgIpc) is 1.58. The zero-order valence-electron chi connectivity index (χ0n) is 61.7. The van der Waals surface area contributed by atoms with E-state index in [1.165, 1.54) is 22.7 Å². The van der Waals surface area contributed by atoms with E-state index in [-0.39, 0.29) is 93.7 Å². The van der Waals surface area contributed by atoms with Crippen LogP contribution in [0.4, 0.5) is 16.4 Å². The van der Waals surface area contributed by atoms with Gasteiger partial charge >= 0.3 is 13.7 Å². The monoisotopic (exact) mass is 1590 g/mol. The molecule has 5 fully saturated rings. The summed E-state index contributed by atoms with van der Waals surface area (Å²) in [6, 6.07) is 1.09. The highest BCUT2D eigenvalue weighted by Gasteiger charge is 2.58. The Kier molecular flexibility index (Phi) is 28.3. The molecule has 0 bridgehead atoms. The highest BCUT2D eigenvalue weighted by Crippen LogP contribution is 2.55. The minimum absolute atomic E-state index is 0.00369. The summed E-state index contributed by atoms with van der Waals surface area (Å²) in [5.74, 6) is 0.375. The molecule has 44 heteroatoms. The Hall–Kier alpha value is -5.11. The number of ether oxygens (including phenoxy) is 14. The van der Waals surface area contributed by atoms with Crippen LogP contribution in [-0.4, -0.2) is 286 Å². The van der Waals surface area contributed by atoms with E-state index in [9.17, 15) is 33.9 Å². The molecule has 11 rings (SSSR count). The number of aromatic amines is 1. The van der Waals surface area contributed by atoms with E-state index in [4.69, 9.17) is 94.6 Å². The summed E-state index contributed by atoms with van der Waals surface area (Å²) in [5, 5.41) is 56.5. The van der Waals surface area contributed by atoms with Gasteiger partial charge in [0.05, 0.1) is 89.2 Å². The molecule has 2 aliphatic carbocycles. The van der Waals surface area contributed by atoms with Crippen molar-refractivity contribution in [2.45, 2.75) is 215 Å². The second-order valence-corrected chi connectivity index (χ2v) is 41.4. The van der Waals surface area contributed by atoms with Gasteiger partial charge in [0.15, 0.2) is 52.3 Å². The van der Waals surface area contributed by atoms with Gasteiger partial charge in [0.1, 0.15) is 75.1 Å². The highest BCUT2D eigenvalue weighted by molar-refractivity contribution is 7.63. The molecule has 9 heterocycles. The number of aliphatic hydroxyl groups excluding tert-OH is 2. The first-order chi connectivity index (χ1) is 50.2. The summed E-state index contributed by atoms with van der Waals surface area (Å²) >= 11 is 12.9. The topological polar surface area (TPSA) is 462 Å². The number of aliphatic hydroxyl groups is 2. The number of anilines is 2. The van der Waals surface area contributed by atoms with Crippen LogP contribution in [0, 0.1) is 0 Å². The van der Waals surface area contributed by atoms with Gasteiger partial charge in [-0.15, -0.1) is 15.3 Å². The van der Waals surface area contributed by atoms with E-state index in [2.05, 4.69) is 86.1 Å². The Morgan fingerprint density at radius 2 is 1.32 bits per heavy atom. The fourth-order valence-corrected chi connectivity index (χ4v) is 15.7. The van der Waals surface area contributed by atoms with Gasteiger partial charge in [-0.3, -0.25) is 9.46 Å². The van der Waals surface area contributed by atoms with Crippen LogP contribution in [0.25, 0.3) is 22.1 Å². The van der Waals surface area contributed by atoms with Gasteiger partial charge in [0, 0.05) is 41.0 Å². The SMILES string of the molecule is COCCOC[C@](COCc1nn[nH]n1)(OC[C@H]1O[C@@H](n2ncc3c(NC4CCCC4)nc(Cl)nc32)[C@H](O)[C@@H]1O)P(=O)(O)O.COCCOC[C@](COCc1nnnn1COCC[Si](C)(C)C)(OC[C@H]1O[C@@H](n2ncc3c(N(C(=O)OC(C)(C)C)C4CCCC4)nc(Cl)nc32)[C@@H]2OC(C)(C)O[C@@H]21)P(C)(C)=O. The molecule has 3 aliphatic heterocycles. The summed E-state index contributed by atoms with van der Waals surface area (Å²) in [5.41, 5.74) is -0.155. The van der Waals surface area contributed by atoms with Crippen molar-refractivity contribution in [3.05, 3.63) is 34.6 Å². The lowest BCUT2D eigenvalue weighted by Gasteiger charge is -2.38. The lowest BCUT2D eigenvalue weighted by molar-refractivity contribution is -0.208. The molecule has 10 atom stereocenters.